The van der Waals surface area contributed by atoms with E-state index in [1.54, 1.807) is 7.05 Å². The first kappa shape index (κ1) is 21.1. The van der Waals surface area contributed by atoms with Crippen LogP contribution in [0.15, 0.2) is 82.4 Å². The van der Waals surface area contributed by atoms with E-state index in [2.05, 4.69) is 5.32 Å². The number of rotatable bonds is 2. The SMILES string of the molecule is Cn1c(=O)c2c(-c3ccccc3)n3c(c2n(C)c1=O)C(c1cccc(F)c1F)Nc1ccccc1-3. The third kappa shape index (κ3) is 2.86. The average Bonchev–Trinajstić information content (AvgIpc) is 3.24. The van der Waals surface area contributed by atoms with Crippen molar-refractivity contribution in [2.45, 2.75) is 6.04 Å². The van der Waals surface area contributed by atoms with Gasteiger partial charge in [-0.05, 0) is 23.8 Å². The average molecular weight is 470 g/mol. The Morgan fingerprint density at radius 2 is 1.54 bits per heavy atom. The minimum Gasteiger partial charge on any atom is -0.371 e. The van der Waals surface area contributed by atoms with E-state index in [1.807, 2.05) is 59.2 Å². The molecule has 0 spiro atoms. The van der Waals surface area contributed by atoms with Crippen LogP contribution < -0.4 is 16.6 Å². The van der Waals surface area contributed by atoms with Crippen molar-refractivity contribution in [1.29, 1.82) is 0 Å². The summed E-state index contributed by atoms with van der Waals surface area (Å²) in [7, 11) is 3.02. The zero-order chi connectivity index (χ0) is 24.4. The molecule has 0 radical (unpaired) electrons. The molecule has 1 aliphatic rings. The molecule has 0 saturated carbocycles. The maximum absolute atomic E-state index is 15.2. The zero-order valence-electron chi connectivity index (χ0n) is 18.9. The molecular formula is C27H20F2N4O2. The summed E-state index contributed by atoms with van der Waals surface area (Å²) in [6.07, 6.45) is 0. The van der Waals surface area contributed by atoms with Crippen LogP contribution in [0.1, 0.15) is 17.3 Å². The van der Waals surface area contributed by atoms with Gasteiger partial charge in [0, 0.05) is 19.7 Å². The molecular weight excluding hydrogens is 450 g/mol. The van der Waals surface area contributed by atoms with Crippen molar-refractivity contribution in [2.24, 2.45) is 14.1 Å². The molecule has 174 valence electrons. The number of fused-ring (bicyclic) bond motifs is 5. The van der Waals surface area contributed by atoms with E-state index in [1.165, 1.54) is 23.7 Å². The highest BCUT2D eigenvalue weighted by Crippen LogP contribution is 2.45. The van der Waals surface area contributed by atoms with Gasteiger partial charge in [-0.2, -0.15) is 0 Å². The van der Waals surface area contributed by atoms with Crippen molar-refractivity contribution in [3.05, 3.63) is 117 Å². The van der Waals surface area contributed by atoms with Crippen molar-refractivity contribution < 1.29 is 8.78 Å². The van der Waals surface area contributed by atoms with Crippen molar-refractivity contribution >= 4 is 16.6 Å². The predicted octanol–water partition coefficient (Wildman–Crippen LogP) is 4.49. The van der Waals surface area contributed by atoms with Crippen LogP contribution >= 0.6 is 0 Å². The lowest BCUT2D eigenvalue weighted by molar-refractivity contribution is 0.495. The Labute approximate surface area is 198 Å². The van der Waals surface area contributed by atoms with Gasteiger partial charge in [-0.1, -0.05) is 54.6 Å². The van der Waals surface area contributed by atoms with E-state index in [0.717, 1.165) is 21.9 Å². The second-order valence-electron chi connectivity index (χ2n) is 8.60. The highest BCUT2D eigenvalue weighted by Gasteiger charge is 2.36. The van der Waals surface area contributed by atoms with E-state index >= 15 is 4.39 Å². The summed E-state index contributed by atoms with van der Waals surface area (Å²) in [4.78, 5) is 26.6. The number of aryl methyl sites for hydroxylation is 1. The highest BCUT2D eigenvalue weighted by atomic mass is 19.2. The van der Waals surface area contributed by atoms with Crippen molar-refractivity contribution in [1.82, 2.24) is 13.7 Å². The fourth-order valence-corrected chi connectivity index (χ4v) is 5.06. The van der Waals surface area contributed by atoms with Gasteiger partial charge in [-0.3, -0.25) is 13.9 Å². The van der Waals surface area contributed by atoms with Crippen LogP contribution in [0.3, 0.4) is 0 Å². The highest BCUT2D eigenvalue weighted by molar-refractivity contribution is 5.99. The minimum absolute atomic E-state index is 0.0768. The maximum Gasteiger partial charge on any atom is 0.331 e. The predicted molar refractivity (Wildman–Crippen MR) is 131 cm³/mol. The molecule has 1 unspecified atom stereocenters. The van der Waals surface area contributed by atoms with Crippen LogP contribution in [0.5, 0.6) is 0 Å². The summed E-state index contributed by atoms with van der Waals surface area (Å²) in [6, 6.07) is 20.0. The molecule has 1 aliphatic heterocycles. The van der Waals surface area contributed by atoms with E-state index in [9.17, 15) is 14.0 Å². The number of aromatic nitrogens is 3. The molecule has 3 heterocycles. The molecule has 5 aromatic rings. The monoisotopic (exact) mass is 470 g/mol. The number of nitrogens with zero attached hydrogens (tertiary/aromatic N) is 3. The lowest BCUT2D eigenvalue weighted by Crippen LogP contribution is -2.37. The second-order valence-corrected chi connectivity index (χ2v) is 8.60. The molecule has 8 heteroatoms. The number of para-hydroxylation sites is 2. The third-order valence-electron chi connectivity index (χ3n) is 6.67. The van der Waals surface area contributed by atoms with E-state index < -0.39 is 28.9 Å². The third-order valence-corrected chi connectivity index (χ3v) is 6.67. The van der Waals surface area contributed by atoms with Gasteiger partial charge < -0.3 is 9.88 Å². The second kappa shape index (κ2) is 7.53. The van der Waals surface area contributed by atoms with Gasteiger partial charge in [0.05, 0.1) is 39.7 Å². The number of anilines is 1. The van der Waals surface area contributed by atoms with Crippen molar-refractivity contribution in [3.8, 4) is 16.9 Å². The van der Waals surface area contributed by atoms with Crippen LogP contribution in [0.2, 0.25) is 0 Å². The number of halogens is 2. The standard InChI is InChI=1S/C27H20F2N4O2/c1-31-24-20(26(34)32(2)27(31)35)23(15-9-4-3-5-10-15)33-19-14-7-6-13-18(19)30-22(25(24)33)16-11-8-12-17(28)21(16)29/h3-14,22,30H,1-2H3. The lowest BCUT2D eigenvalue weighted by atomic mass is 9.98. The summed E-state index contributed by atoms with van der Waals surface area (Å²) < 4.78 is 33.8. The number of hydrogen-bond donors (Lipinski definition) is 1. The molecule has 6 nitrogen and oxygen atoms in total. The summed E-state index contributed by atoms with van der Waals surface area (Å²) >= 11 is 0. The molecule has 0 aliphatic carbocycles. The van der Waals surface area contributed by atoms with Gasteiger partial charge in [0.15, 0.2) is 11.6 Å². The Balaban J connectivity index is 1.88. The molecule has 6 rings (SSSR count). The summed E-state index contributed by atoms with van der Waals surface area (Å²) in [5.74, 6) is -1.96. The van der Waals surface area contributed by atoms with Crippen LogP contribution in [-0.2, 0) is 14.1 Å². The largest absolute Gasteiger partial charge is 0.371 e. The van der Waals surface area contributed by atoms with Crippen LogP contribution in [0.25, 0.3) is 27.8 Å². The Bertz CT molecular complexity index is 1770. The van der Waals surface area contributed by atoms with Gasteiger partial charge in [-0.25, -0.2) is 13.6 Å². The zero-order valence-corrected chi connectivity index (χ0v) is 18.9. The van der Waals surface area contributed by atoms with Crippen molar-refractivity contribution in [3.63, 3.8) is 0 Å². The molecule has 2 aromatic heterocycles. The minimum atomic E-state index is -0.986. The fraction of sp³-hybridized carbons (Fsp3) is 0.111. The van der Waals surface area contributed by atoms with Gasteiger partial charge in [0.2, 0.25) is 0 Å². The molecule has 3 aromatic carbocycles. The molecule has 0 bridgehead atoms. The number of nitrogens with one attached hydrogen (secondary N) is 1. The first-order valence-electron chi connectivity index (χ1n) is 11.1. The molecule has 35 heavy (non-hydrogen) atoms. The van der Waals surface area contributed by atoms with E-state index in [0.29, 0.717) is 28.0 Å². The van der Waals surface area contributed by atoms with Crippen LogP contribution in [0, 0.1) is 11.6 Å². The summed E-state index contributed by atoms with van der Waals surface area (Å²) in [5.41, 5.74) is 2.73. The van der Waals surface area contributed by atoms with Gasteiger partial charge >= 0.3 is 5.69 Å². The number of benzene rings is 3. The van der Waals surface area contributed by atoms with Crippen molar-refractivity contribution in [2.75, 3.05) is 5.32 Å². The van der Waals surface area contributed by atoms with Gasteiger partial charge in [0.25, 0.3) is 5.56 Å². The summed E-state index contributed by atoms with van der Waals surface area (Å²) in [5, 5.41) is 3.65. The molecule has 0 amide bonds. The summed E-state index contributed by atoms with van der Waals surface area (Å²) in [6.45, 7) is 0. The smallest absolute Gasteiger partial charge is 0.331 e. The Morgan fingerprint density at radius 1 is 0.829 bits per heavy atom. The molecule has 1 atom stereocenters. The van der Waals surface area contributed by atoms with Crippen LogP contribution in [-0.4, -0.2) is 13.7 Å². The van der Waals surface area contributed by atoms with E-state index in [-0.39, 0.29) is 5.56 Å². The lowest BCUT2D eigenvalue weighted by Gasteiger charge is -2.31. The normalized spacial score (nSPS) is 14.5. The Kier molecular flexibility index (Phi) is 4.54. The molecule has 1 N–H and O–H groups in total. The van der Waals surface area contributed by atoms with Gasteiger partial charge in [-0.15, -0.1) is 0 Å². The first-order valence-corrected chi connectivity index (χ1v) is 11.1. The van der Waals surface area contributed by atoms with Gasteiger partial charge in [0.1, 0.15) is 0 Å². The first-order chi connectivity index (χ1) is 16.9. The Morgan fingerprint density at radius 3 is 2.31 bits per heavy atom. The Hall–Kier alpha value is -4.46. The molecule has 0 saturated heterocycles. The topological polar surface area (TPSA) is 61.0 Å². The van der Waals surface area contributed by atoms with E-state index in [4.69, 9.17) is 0 Å². The number of hydrogen-bond acceptors (Lipinski definition) is 3. The maximum atomic E-state index is 15.2. The fourth-order valence-electron chi connectivity index (χ4n) is 5.06. The molecule has 0 fully saturated rings. The quantitative estimate of drug-likeness (QED) is 0.414. The van der Waals surface area contributed by atoms with Crippen LogP contribution in [0.4, 0.5) is 14.5 Å².